The number of fused-ring (bicyclic) bond motifs is 1. The van der Waals surface area contributed by atoms with Crippen LogP contribution in [0.25, 0.3) is 10.8 Å². The predicted molar refractivity (Wildman–Crippen MR) is 127 cm³/mol. The summed E-state index contributed by atoms with van der Waals surface area (Å²) in [7, 11) is 0. The lowest BCUT2D eigenvalue weighted by atomic mass is 9.94. The van der Waals surface area contributed by atoms with Crippen LogP contribution in [-0.2, 0) is 4.79 Å². The summed E-state index contributed by atoms with van der Waals surface area (Å²) in [5, 5.41) is 2.05. The van der Waals surface area contributed by atoms with Gasteiger partial charge in [0.2, 0.25) is 5.91 Å². The van der Waals surface area contributed by atoms with Crippen LogP contribution in [0.1, 0.15) is 53.2 Å². The van der Waals surface area contributed by atoms with E-state index in [4.69, 9.17) is 0 Å². The highest BCUT2D eigenvalue weighted by atomic mass is 16.2. The van der Waals surface area contributed by atoms with Crippen molar-refractivity contribution in [2.75, 3.05) is 19.6 Å². The number of piperidine rings is 1. The third-order valence-electron chi connectivity index (χ3n) is 7.08. The lowest BCUT2D eigenvalue weighted by Gasteiger charge is -2.36. The number of likely N-dealkylation sites (tertiary alicyclic amines) is 2. The Morgan fingerprint density at radius 2 is 1.59 bits per heavy atom. The number of hydrogen-bond acceptors (Lipinski definition) is 2. The predicted octanol–water partition coefficient (Wildman–Crippen LogP) is 5.36. The number of nitrogens with zero attached hydrogens (tertiary/aromatic N) is 2. The first kappa shape index (κ1) is 20.7. The average molecular weight is 427 g/mol. The molecule has 2 saturated heterocycles. The number of rotatable bonds is 3. The Balaban J connectivity index is 1.33. The zero-order chi connectivity index (χ0) is 22.1. The minimum absolute atomic E-state index is 0.0378. The zero-order valence-corrected chi connectivity index (χ0v) is 18.7. The normalized spacial score (nSPS) is 21.2. The van der Waals surface area contributed by atoms with Gasteiger partial charge >= 0.3 is 0 Å². The second kappa shape index (κ2) is 8.78. The van der Waals surface area contributed by atoms with Crippen LogP contribution in [0.5, 0.6) is 0 Å². The Hall–Kier alpha value is -3.14. The molecule has 0 saturated carbocycles. The maximum Gasteiger partial charge on any atom is 0.254 e. The second-order valence-corrected chi connectivity index (χ2v) is 9.22. The standard InChI is InChI=1S/C28H30N2O2/c1-20-13-15-22(16-14-20)26-12-6-18-30(26)27(31)23-9-5-17-29(19-23)28(32)25-11-4-8-21-7-2-3-10-24(21)25/h2-4,7-8,10-11,13-16,23,26H,5-6,9,12,17-19H2,1H3/t23-,26-/m1/s1. The number of carbonyl (C=O) groups excluding carboxylic acids is 2. The molecule has 0 aromatic heterocycles. The fourth-order valence-electron chi connectivity index (χ4n) is 5.35. The van der Waals surface area contributed by atoms with Crippen molar-refractivity contribution in [1.82, 2.24) is 9.80 Å². The van der Waals surface area contributed by atoms with Gasteiger partial charge < -0.3 is 9.80 Å². The van der Waals surface area contributed by atoms with Crippen molar-refractivity contribution in [3.8, 4) is 0 Å². The van der Waals surface area contributed by atoms with Gasteiger partial charge in [-0.25, -0.2) is 0 Å². The van der Waals surface area contributed by atoms with Crippen LogP contribution < -0.4 is 0 Å². The maximum atomic E-state index is 13.6. The summed E-state index contributed by atoms with van der Waals surface area (Å²) >= 11 is 0. The van der Waals surface area contributed by atoms with Crippen LogP contribution in [0.15, 0.2) is 66.7 Å². The molecule has 3 aromatic rings. The maximum absolute atomic E-state index is 13.6. The van der Waals surface area contributed by atoms with Gasteiger partial charge in [-0.05, 0) is 55.0 Å². The summed E-state index contributed by atoms with van der Waals surface area (Å²) in [6.45, 7) is 4.13. The fourth-order valence-corrected chi connectivity index (χ4v) is 5.35. The Morgan fingerprint density at radius 1 is 0.844 bits per heavy atom. The van der Waals surface area contributed by atoms with Crippen molar-refractivity contribution >= 4 is 22.6 Å². The molecule has 2 heterocycles. The van der Waals surface area contributed by atoms with Crippen LogP contribution in [0, 0.1) is 12.8 Å². The molecule has 32 heavy (non-hydrogen) atoms. The van der Waals surface area contributed by atoms with Gasteiger partial charge in [0.05, 0.1) is 12.0 Å². The van der Waals surface area contributed by atoms with Gasteiger partial charge in [-0.1, -0.05) is 66.2 Å². The molecule has 0 unspecified atom stereocenters. The molecule has 164 valence electrons. The van der Waals surface area contributed by atoms with Gasteiger partial charge in [0.1, 0.15) is 0 Å². The molecule has 0 spiro atoms. The summed E-state index contributed by atoms with van der Waals surface area (Å²) in [5.74, 6) is 0.132. The molecule has 3 aromatic carbocycles. The van der Waals surface area contributed by atoms with Crippen LogP contribution in [0.2, 0.25) is 0 Å². The van der Waals surface area contributed by atoms with Crippen molar-refractivity contribution in [2.24, 2.45) is 5.92 Å². The molecule has 2 aliphatic rings. The van der Waals surface area contributed by atoms with Crippen molar-refractivity contribution in [2.45, 2.75) is 38.6 Å². The van der Waals surface area contributed by atoms with E-state index in [2.05, 4.69) is 36.1 Å². The van der Waals surface area contributed by atoms with Crippen molar-refractivity contribution in [1.29, 1.82) is 0 Å². The van der Waals surface area contributed by atoms with E-state index in [1.807, 2.05) is 47.4 Å². The molecule has 2 atom stereocenters. The average Bonchev–Trinajstić information content (AvgIpc) is 3.33. The van der Waals surface area contributed by atoms with Gasteiger partial charge in [0, 0.05) is 25.2 Å². The first-order valence-electron chi connectivity index (χ1n) is 11.8. The molecule has 4 heteroatoms. The summed E-state index contributed by atoms with van der Waals surface area (Å²) in [6, 6.07) is 22.6. The topological polar surface area (TPSA) is 40.6 Å². The molecule has 0 N–H and O–H groups in total. The Bertz CT molecular complexity index is 1130. The summed E-state index contributed by atoms with van der Waals surface area (Å²) in [6.07, 6.45) is 3.78. The highest BCUT2D eigenvalue weighted by Gasteiger charge is 2.37. The van der Waals surface area contributed by atoms with Crippen LogP contribution >= 0.6 is 0 Å². The molecule has 2 fully saturated rings. The van der Waals surface area contributed by atoms with E-state index >= 15 is 0 Å². The summed E-state index contributed by atoms with van der Waals surface area (Å²) < 4.78 is 0. The van der Waals surface area contributed by atoms with Crippen molar-refractivity contribution < 1.29 is 9.59 Å². The molecule has 4 nitrogen and oxygen atoms in total. The van der Waals surface area contributed by atoms with Crippen molar-refractivity contribution in [3.05, 3.63) is 83.4 Å². The van der Waals surface area contributed by atoms with E-state index in [1.54, 1.807) is 0 Å². The van der Waals surface area contributed by atoms with E-state index in [0.717, 1.165) is 48.6 Å². The molecular formula is C28H30N2O2. The Labute approximate surface area is 189 Å². The van der Waals surface area contributed by atoms with E-state index in [0.29, 0.717) is 13.1 Å². The minimum Gasteiger partial charge on any atom is -0.338 e. The van der Waals surface area contributed by atoms with Crippen LogP contribution in [-0.4, -0.2) is 41.2 Å². The lowest BCUT2D eigenvalue weighted by molar-refractivity contribution is -0.137. The van der Waals surface area contributed by atoms with Gasteiger partial charge in [-0.15, -0.1) is 0 Å². The number of amides is 2. The monoisotopic (exact) mass is 426 g/mol. The minimum atomic E-state index is -0.117. The molecule has 2 amide bonds. The molecule has 0 aliphatic carbocycles. The van der Waals surface area contributed by atoms with E-state index in [9.17, 15) is 9.59 Å². The first-order chi connectivity index (χ1) is 15.6. The van der Waals surface area contributed by atoms with E-state index < -0.39 is 0 Å². The third kappa shape index (κ3) is 3.90. The van der Waals surface area contributed by atoms with Gasteiger partial charge in [-0.3, -0.25) is 9.59 Å². The second-order valence-electron chi connectivity index (χ2n) is 9.22. The number of aryl methyl sites for hydroxylation is 1. The summed E-state index contributed by atoms with van der Waals surface area (Å²) in [5.41, 5.74) is 3.19. The smallest absolute Gasteiger partial charge is 0.254 e. The Morgan fingerprint density at radius 3 is 2.44 bits per heavy atom. The number of carbonyl (C=O) groups is 2. The largest absolute Gasteiger partial charge is 0.338 e. The summed E-state index contributed by atoms with van der Waals surface area (Å²) in [4.78, 5) is 30.9. The lowest BCUT2D eigenvalue weighted by Crippen LogP contribution is -2.46. The highest BCUT2D eigenvalue weighted by molar-refractivity contribution is 6.07. The van der Waals surface area contributed by atoms with Gasteiger partial charge in [0.15, 0.2) is 0 Å². The highest BCUT2D eigenvalue weighted by Crippen LogP contribution is 2.35. The zero-order valence-electron chi connectivity index (χ0n) is 18.7. The SMILES string of the molecule is Cc1ccc([C@H]2CCCN2C(=O)[C@@H]2CCCN(C(=O)c3cccc4ccccc34)C2)cc1. The van der Waals surface area contributed by atoms with Crippen LogP contribution in [0.4, 0.5) is 0 Å². The van der Waals surface area contributed by atoms with Crippen LogP contribution in [0.3, 0.4) is 0 Å². The van der Waals surface area contributed by atoms with E-state index in [-0.39, 0.29) is 23.8 Å². The van der Waals surface area contributed by atoms with Gasteiger partial charge in [-0.2, -0.15) is 0 Å². The fraction of sp³-hybridized carbons (Fsp3) is 0.357. The molecule has 0 bridgehead atoms. The quantitative estimate of drug-likeness (QED) is 0.565. The Kier molecular flexibility index (Phi) is 5.69. The third-order valence-corrected chi connectivity index (χ3v) is 7.08. The van der Waals surface area contributed by atoms with Gasteiger partial charge in [0.25, 0.3) is 5.91 Å². The molecule has 0 radical (unpaired) electrons. The molecule has 2 aliphatic heterocycles. The molecular weight excluding hydrogens is 396 g/mol. The number of hydrogen-bond donors (Lipinski definition) is 0. The van der Waals surface area contributed by atoms with E-state index in [1.165, 1.54) is 11.1 Å². The molecule has 5 rings (SSSR count). The number of benzene rings is 3. The van der Waals surface area contributed by atoms with Crippen molar-refractivity contribution in [3.63, 3.8) is 0 Å². The first-order valence-corrected chi connectivity index (χ1v) is 11.8.